The molecule has 0 heterocycles. The van der Waals surface area contributed by atoms with E-state index < -0.39 is 24.6 Å². The van der Waals surface area contributed by atoms with Crippen LogP contribution in [0.25, 0.3) is 0 Å². The Morgan fingerprint density at radius 3 is 2.16 bits per heavy atom. The van der Waals surface area contributed by atoms with Crippen molar-refractivity contribution in [1.82, 2.24) is 15.5 Å². The van der Waals surface area contributed by atoms with Crippen molar-refractivity contribution >= 4 is 17.9 Å². The van der Waals surface area contributed by atoms with Crippen LogP contribution in [0.2, 0.25) is 0 Å². The highest BCUT2D eigenvalue weighted by atomic mass is 16.4. The summed E-state index contributed by atoms with van der Waals surface area (Å²) in [5.74, 6) is -1.67. The molecule has 0 aromatic rings. The van der Waals surface area contributed by atoms with E-state index in [4.69, 9.17) is 10.2 Å². The Labute approximate surface area is 111 Å². The molecule has 1 unspecified atom stereocenters. The Morgan fingerprint density at radius 2 is 1.79 bits per heavy atom. The molecule has 4 N–H and O–H groups in total. The van der Waals surface area contributed by atoms with E-state index in [1.807, 2.05) is 0 Å². The zero-order valence-corrected chi connectivity index (χ0v) is 11.3. The van der Waals surface area contributed by atoms with Crippen LogP contribution in [0.3, 0.4) is 0 Å². The van der Waals surface area contributed by atoms with Crippen molar-refractivity contribution in [2.24, 2.45) is 0 Å². The first kappa shape index (κ1) is 17.2. The van der Waals surface area contributed by atoms with Crippen molar-refractivity contribution in [3.63, 3.8) is 0 Å². The van der Waals surface area contributed by atoms with Crippen molar-refractivity contribution in [3.8, 4) is 0 Å². The predicted octanol–water partition coefficient (Wildman–Crippen LogP) is -1.01. The van der Waals surface area contributed by atoms with E-state index in [1.54, 1.807) is 20.8 Å². The third-order valence-corrected chi connectivity index (χ3v) is 2.23. The number of amides is 3. The maximum Gasteiger partial charge on any atom is 0.328 e. The molecule has 0 aliphatic heterocycles. The molecule has 0 rings (SSSR count). The summed E-state index contributed by atoms with van der Waals surface area (Å²) in [5.41, 5.74) is 0. The number of aliphatic carboxylic acids is 1. The molecule has 1 atom stereocenters. The number of nitrogens with one attached hydrogen (secondary N) is 2. The van der Waals surface area contributed by atoms with Gasteiger partial charge in [0.2, 0.25) is 5.91 Å². The summed E-state index contributed by atoms with van der Waals surface area (Å²) < 4.78 is 0. The topological polar surface area (TPSA) is 119 Å². The second kappa shape index (κ2) is 8.30. The van der Waals surface area contributed by atoms with E-state index in [-0.39, 0.29) is 25.0 Å². The summed E-state index contributed by atoms with van der Waals surface area (Å²) in [6.07, 6.45) is 0. The highest BCUT2D eigenvalue weighted by Crippen LogP contribution is 1.93. The minimum Gasteiger partial charge on any atom is -0.480 e. The van der Waals surface area contributed by atoms with Crippen molar-refractivity contribution in [3.05, 3.63) is 0 Å². The Balaban J connectivity index is 4.47. The van der Waals surface area contributed by atoms with E-state index in [0.29, 0.717) is 0 Å². The van der Waals surface area contributed by atoms with E-state index >= 15 is 0 Å². The molecule has 0 aliphatic carbocycles. The number of aliphatic hydroxyl groups excluding tert-OH is 1. The highest BCUT2D eigenvalue weighted by Gasteiger charge is 2.23. The molecule has 3 amide bonds. The SMILES string of the molecule is CCN(CC(=O)NC(C)C)C(=O)NC(CO)C(=O)O. The van der Waals surface area contributed by atoms with Crippen LogP contribution < -0.4 is 10.6 Å². The van der Waals surface area contributed by atoms with Gasteiger partial charge in [0.05, 0.1) is 6.61 Å². The normalized spacial score (nSPS) is 11.8. The van der Waals surface area contributed by atoms with Crippen molar-refractivity contribution in [2.45, 2.75) is 32.9 Å². The van der Waals surface area contributed by atoms with Gasteiger partial charge in [0.1, 0.15) is 6.54 Å². The van der Waals surface area contributed by atoms with Crippen LogP contribution in [0, 0.1) is 0 Å². The summed E-state index contributed by atoms with van der Waals surface area (Å²) in [6.45, 7) is 4.61. The molecular weight excluding hydrogens is 254 g/mol. The standard InChI is InChI=1S/C11H21N3O5/c1-4-14(5-9(16)12-7(2)3)11(19)13-8(6-15)10(17)18/h7-8,15H,4-6H2,1-3H3,(H,12,16)(H,13,19)(H,17,18). The number of hydrogen-bond acceptors (Lipinski definition) is 4. The Morgan fingerprint density at radius 1 is 1.21 bits per heavy atom. The molecule has 19 heavy (non-hydrogen) atoms. The number of carboxylic acid groups (broad SMARTS) is 1. The van der Waals surface area contributed by atoms with E-state index in [9.17, 15) is 14.4 Å². The zero-order chi connectivity index (χ0) is 15.0. The van der Waals surface area contributed by atoms with Gasteiger partial charge in [0.15, 0.2) is 6.04 Å². The third-order valence-electron chi connectivity index (χ3n) is 2.23. The quantitative estimate of drug-likeness (QED) is 0.474. The van der Waals surface area contributed by atoms with Gasteiger partial charge in [0, 0.05) is 12.6 Å². The molecule has 0 aliphatic rings. The molecule has 0 saturated carbocycles. The molecule has 0 bridgehead atoms. The fourth-order valence-corrected chi connectivity index (χ4v) is 1.29. The summed E-state index contributed by atoms with van der Waals surface area (Å²) >= 11 is 0. The first-order valence-electron chi connectivity index (χ1n) is 6.00. The number of aliphatic hydroxyl groups is 1. The highest BCUT2D eigenvalue weighted by molar-refractivity contribution is 5.86. The lowest BCUT2D eigenvalue weighted by Crippen LogP contribution is -2.52. The van der Waals surface area contributed by atoms with E-state index in [0.717, 1.165) is 4.90 Å². The van der Waals surface area contributed by atoms with Crippen LogP contribution in [0.4, 0.5) is 4.79 Å². The van der Waals surface area contributed by atoms with Crippen LogP contribution in [0.15, 0.2) is 0 Å². The van der Waals surface area contributed by atoms with E-state index in [2.05, 4.69) is 10.6 Å². The Hall–Kier alpha value is -1.83. The van der Waals surface area contributed by atoms with E-state index in [1.165, 1.54) is 0 Å². The number of carboxylic acids is 1. The van der Waals surface area contributed by atoms with Crippen molar-refractivity contribution < 1.29 is 24.6 Å². The van der Waals surface area contributed by atoms with Gasteiger partial charge in [-0.05, 0) is 20.8 Å². The Kier molecular flexibility index (Phi) is 7.50. The summed E-state index contributed by atoms with van der Waals surface area (Å²) in [6, 6.07) is -2.13. The first-order chi connectivity index (χ1) is 8.81. The maximum atomic E-state index is 11.7. The predicted molar refractivity (Wildman–Crippen MR) is 67.6 cm³/mol. The van der Waals surface area contributed by atoms with Gasteiger partial charge >= 0.3 is 12.0 Å². The molecule has 8 nitrogen and oxygen atoms in total. The molecule has 0 fully saturated rings. The number of likely N-dealkylation sites (N-methyl/N-ethyl adjacent to an activating group) is 1. The van der Waals surface area contributed by atoms with Gasteiger partial charge < -0.3 is 25.7 Å². The molecule has 0 spiro atoms. The number of carbonyl (C=O) groups excluding carboxylic acids is 2. The molecule has 8 heteroatoms. The average Bonchev–Trinajstić information content (AvgIpc) is 2.31. The lowest BCUT2D eigenvalue weighted by Gasteiger charge is -2.23. The minimum absolute atomic E-state index is 0.0431. The lowest BCUT2D eigenvalue weighted by atomic mass is 10.3. The molecule has 0 aromatic carbocycles. The number of nitrogens with zero attached hydrogens (tertiary/aromatic N) is 1. The van der Waals surface area contributed by atoms with Gasteiger partial charge in [-0.2, -0.15) is 0 Å². The van der Waals surface area contributed by atoms with Crippen LogP contribution in [-0.2, 0) is 9.59 Å². The monoisotopic (exact) mass is 275 g/mol. The number of hydrogen-bond donors (Lipinski definition) is 4. The maximum absolute atomic E-state index is 11.7. The largest absolute Gasteiger partial charge is 0.480 e. The minimum atomic E-state index is -1.38. The lowest BCUT2D eigenvalue weighted by molar-refractivity contribution is -0.140. The second-order valence-corrected chi connectivity index (χ2v) is 4.26. The molecule has 0 radical (unpaired) electrons. The van der Waals surface area contributed by atoms with Crippen LogP contribution in [0.5, 0.6) is 0 Å². The molecule has 0 aromatic heterocycles. The molecule has 0 saturated heterocycles. The van der Waals surface area contributed by atoms with Gasteiger partial charge in [-0.15, -0.1) is 0 Å². The number of rotatable bonds is 7. The summed E-state index contributed by atoms with van der Waals surface area (Å²) in [7, 11) is 0. The van der Waals surface area contributed by atoms with Gasteiger partial charge in [-0.3, -0.25) is 4.79 Å². The molecular formula is C11H21N3O5. The second-order valence-electron chi connectivity index (χ2n) is 4.26. The van der Waals surface area contributed by atoms with Crippen molar-refractivity contribution in [2.75, 3.05) is 19.7 Å². The number of carbonyl (C=O) groups is 3. The first-order valence-corrected chi connectivity index (χ1v) is 6.00. The fraction of sp³-hybridized carbons (Fsp3) is 0.727. The Bertz CT molecular complexity index is 332. The summed E-state index contributed by atoms with van der Waals surface area (Å²) in [4.78, 5) is 35.1. The van der Waals surface area contributed by atoms with Gasteiger partial charge in [0.25, 0.3) is 0 Å². The summed E-state index contributed by atoms with van der Waals surface area (Å²) in [5, 5.41) is 22.3. The zero-order valence-electron chi connectivity index (χ0n) is 11.3. The molecule has 110 valence electrons. The smallest absolute Gasteiger partial charge is 0.328 e. The van der Waals surface area contributed by atoms with Gasteiger partial charge in [-0.25, -0.2) is 9.59 Å². The fourth-order valence-electron chi connectivity index (χ4n) is 1.29. The van der Waals surface area contributed by atoms with Crippen LogP contribution in [0.1, 0.15) is 20.8 Å². The van der Waals surface area contributed by atoms with Crippen molar-refractivity contribution in [1.29, 1.82) is 0 Å². The van der Waals surface area contributed by atoms with Gasteiger partial charge in [-0.1, -0.05) is 0 Å². The average molecular weight is 275 g/mol. The number of urea groups is 1. The van der Waals surface area contributed by atoms with Crippen LogP contribution >= 0.6 is 0 Å². The third kappa shape index (κ3) is 6.61. The van der Waals surface area contributed by atoms with Crippen LogP contribution in [-0.4, -0.2) is 64.8 Å².